The molecule has 1 aromatic carbocycles. The summed E-state index contributed by atoms with van der Waals surface area (Å²) in [5, 5.41) is 11.0. The van der Waals surface area contributed by atoms with Crippen LogP contribution in [0.1, 0.15) is 39.2 Å². The van der Waals surface area contributed by atoms with E-state index in [1.54, 1.807) is 22.9 Å². The van der Waals surface area contributed by atoms with Crippen LogP contribution in [0.15, 0.2) is 42.5 Å². The number of aliphatic hydroxyl groups is 1. The number of aryl methyl sites for hydroxylation is 1. The maximum Gasteiger partial charge on any atom is 0.253 e. The van der Waals surface area contributed by atoms with Crippen LogP contribution >= 0.6 is 11.6 Å². The number of fused-ring (bicyclic) bond motifs is 2. The molecule has 0 bridgehead atoms. The van der Waals surface area contributed by atoms with Crippen molar-refractivity contribution in [3.8, 4) is 0 Å². The van der Waals surface area contributed by atoms with Gasteiger partial charge in [0.15, 0.2) is 0 Å². The highest BCUT2D eigenvalue weighted by Gasteiger charge is 2.76. The average Bonchev–Trinajstić information content (AvgIpc) is 3.22. The summed E-state index contributed by atoms with van der Waals surface area (Å²) in [5.74, 6) is -2.63. The lowest BCUT2D eigenvalue weighted by Gasteiger charge is -2.42. The molecule has 1 aromatic rings. The van der Waals surface area contributed by atoms with Gasteiger partial charge in [-0.25, -0.2) is 0 Å². The molecule has 5 rings (SSSR count). The van der Waals surface area contributed by atoms with Gasteiger partial charge in [0.25, 0.3) is 5.91 Å². The average molecular weight is 556 g/mol. The van der Waals surface area contributed by atoms with Crippen LogP contribution in [0, 0.1) is 24.7 Å². The van der Waals surface area contributed by atoms with Crippen molar-refractivity contribution in [3.63, 3.8) is 0 Å². The van der Waals surface area contributed by atoms with E-state index in [2.05, 4.69) is 0 Å². The van der Waals surface area contributed by atoms with Crippen LogP contribution in [0.25, 0.3) is 0 Å². The Morgan fingerprint density at radius 3 is 2.44 bits per heavy atom. The number of benzene rings is 1. The van der Waals surface area contributed by atoms with Gasteiger partial charge in [0.2, 0.25) is 11.8 Å². The second-order valence-electron chi connectivity index (χ2n) is 11.4. The summed E-state index contributed by atoms with van der Waals surface area (Å²) < 4.78 is 6.97. The molecule has 1 N–H and O–H groups in total. The van der Waals surface area contributed by atoms with Gasteiger partial charge in [-0.2, -0.15) is 0 Å². The Kier molecular flexibility index (Phi) is 7.19. The zero-order chi connectivity index (χ0) is 28.3. The minimum atomic E-state index is -1.38. The van der Waals surface area contributed by atoms with Crippen molar-refractivity contribution in [2.75, 3.05) is 31.6 Å². The van der Waals surface area contributed by atoms with E-state index in [1.165, 1.54) is 4.90 Å². The van der Waals surface area contributed by atoms with Gasteiger partial charge in [-0.15, -0.1) is 0 Å². The fourth-order valence-corrected chi connectivity index (χ4v) is 7.48. The molecule has 4 heterocycles. The number of likely N-dealkylation sites (tertiary alicyclic amines) is 1. The highest BCUT2D eigenvalue weighted by Crippen LogP contribution is 2.59. The Balaban J connectivity index is 1.74. The van der Waals surface area contributed by atoms with E-state index in [0.717, 1.165) is 5.56 Å². The molecule has 3 amide bonds. The predicted molar refractivity (Wildman–Crippen MR) is 149 cm³/mol. The molecule has 4 aliphatic rings. The van der Waals surface area contributed by atoms with Crippen molar-refractivity contribution in [1.82, 2.24) is 9.80 Å². The van der Waals surface area contributed by atoms with Crippen molar-refractivity contribution < 1.29 is 24.2 Å². The first-order valence-corrected chi connectivity index (χ1v) is 14.3. The van der Waals surface area contributed by atoms with Crippen LogP contribution in [0.2, 0.25) is 5.02 Å². The molecule has 39 heavy (non-hydrogen) atoms. The number of rotatable bonds is 6. The van der Waals surface area contributed by atoms with E-state index in [1.807, 2.05) is 64.1 Å². The number of amides is 3. The van der Waals surface area contributed by atoms with E-state index in [9.17, 15) is 19.5 Å². The Labute approximate surface area is 235 Å². The lowest BCUT2D eigenvalue weighted by Crippen LogP contribution is -2.60. The molecule has 1 spiro atoms. The summed E-state index contributed by atoms with van der Waals surface area (Å²) in [6.45, 7) is 8.15. The number of nitrogens with zero attached hydrogens (tertiary/aromatic N) is 3. The Morgan fingerprint density at radius 1 is 1.08 bits per heavy atom. The number of aliphatic hydroxyl groups excluding tert-OH is 1. The zero-order valence-electron chi connectivity index (χ0n) is 23.3. The van der Waals surface area contributed by atoms with Gasteiger partial charge in [0.05, 0.1) is 40.8 Å². The minimum absolute atomic E-state index is 0.0892. The third-order valence-corrected chi connectivity index (χ3v) is 9.69. The first-order valence-electron chi connectivity index (χ1n) is 13.9. The molecular weight excluding hydrogens is 518 g/mol. The molecule has 2 fully saturated rings. The van der Waals surface area contributed by atoms with Gasteiger partial charge in [0.1, 0.15) is 11.6 Å². The topological polar surface area (TPSA) is 90.4 Å². The van der Waals surface area contributed by atoms with Crippen molar-refractivity contribution >= 4 is 35.0 Å². The normalized spacial score (nSPS) is 33.6. The van der Waals surface area contributed by atoms with Crippen molar-refractivity contribution in [1.29, 1.82) is 0 Å². The summed E-state index contributed by atoms with van der Waals surface area (Å²) in [5.41, 5.74) is -0.996. The fourth-order valence-electron chi connectivity index (χ4n) is 7.16. The van der Waals surface area contributed by atoms with E-state index in [0.29, 0.717) is 30.1 Å². The number of ether oxygens (including phenoxy) is 1. The van der Waals surface area contributed by atoms with Crippen LogP contribution in [-0.2, 0) is 19.1 Å². The Morgan fingerprint density at radius 2 is 1.79 bits per heavy atom. The number of anilines is 1. The molecule has 0 aromatic heterocycles. The third kappa shape index (κ3) is 3.90. The fraction of sp³-hybridized carbons (Fsp3) is 0.567. The smallest absolute Gasteiger partial charge is 0.253 e. The summed E-state index contributed by atoms with van der Waals surface area (Å²) in [4.78, 5) is 48.0. The number of hydrogen-bond acceptors (Lipinski definition) is 5. The molecule has 0 aliphatic carbocycles. The molecular formula is C30H38ClN3O5. The summed E-state index contributed by atoms with van der Waals surface area (Å²) in [6.07, 6.45) is 8.68. The van der Waals surface area contributed by atoms with Crippen LogP contribution in [-0.4, -0.2) is 82.7 Å². The van der Waals surface area contributed by atoms with Gasteiger partial charge in [0, 0.05) is 20.1 Å². The maximum atomic E-state index is 14.7. The van der Waals surface area contributed by atoms with Crippen LogP contribution in [0.4, 0.5) is 5.69 Å². The number of hydrogen-bond donors (Lipinski definition) is 1. The van der Waals surface area contributed by atoms with E-state index in [4.69, 9.17) is 16.3 Å². The lowest BCUT2D eigenvalue weighted by atomic mass is 9.73. The van der Waals surface area contributed by atoms with Crippen molar-refractivity contribution in [2.45, 2.75) is 63.8 Å². The first kappa shape index (κ1) is 27.9. The molecule has 210 valence electrons. The molecule has 0 radical (unpaired) electrons. The number of carbonyl (C=O) groups excluding carboxylic acids is 3. The molecule has 9 heteroatoms. The predicted octanol–water partition coefficient (Wildman–Crippen LogP) is 3.35. The monoisotopic (exact) mass is 555 g/mol. The SMILES string of the molecule is CC[C@H](C)[C@H](CO)N1C(=O)[C@@H]2[C@H]3C(=O)N(C)CC=C[C@@]3(CC)O[C@@]23C=CCN(c2c(C)cccc2Cl)C(=O)C13. The van der Waals surface area contributed by atoms with E-state index < -0.39 is 35.1 Å². The van der Waals surface area contributed by atoms with Crippen molar-refractivity contribution in [3.05, 3.63) is 53.1 Å². The largest absolute Gasteiger partial charge is 0.394 e. The summed E-state index contributed by atoms with van der Waals surface area (Å²) in [6, 6.07) is 3.78. The number of halogens is 1. The molecule has 8 nitrogen and oxygen atoms in total. The van der Waals surface area contributed by atoms with Crippen LogP contribution in [0.5, 0.6) is 0 Å². The summed E-state index contributed by atoms with van der Waals surface area (Å²) in [7, 11) is 1.73. The lowest BCUT2D eigenvalue weighted by molar-refractivity contribution is -0.153. The van der Waals surface area contributed by atoms with Gasteiger partial charge >= 0.3 is 0 Å². The minimum Gasteiger partial charge on any atom is -0.394 e. The quantitative estimate of drug-likeness (QED) is 0.544. The molecule has 7 atom stereocenters. The Bertz CT molecular complexity index is 1230. The van der Waals surface area contributed by atoms with E-state index >= 15 is 0 Å². The second kappa shape index (κ2) is 10.1. The maximum absolute atomic E-state index is 14.7. The van der Waals surface area contributed by atoms with Gasteiger partial charge in [-0.1, -0.05) is 75.2 Å². The number of para-hydroxylation sites is 1. The highest BCUT2D eigenvalue weighted by atomic mass is 35.5. The Hall–Kier alpha value is -2.68. The van der Waals surface area contributed by atoms with E-state index in [-0.39, 0.29) is 36.8 Å². The zero-order valence-corrected chi connectivity index (χ0v) is 24.0. The molecule has 2 saturated heterocycles. The number of carbonyl (C=O) groups is 3. The molecule has 0 saturated carbocycles. The van der Waals surface area contributed by atoms with Crippen LogP contribution < -0.4 is 4.90 Å². The first-order chi connectivity index (χ1) is 18.6. The second-order valence-corrected chi connectivity index (χ2v) is 11.8. The molecule has 1 unspecified atom stereocenters. The molecule has 4 aliphatic heterocycles. The number of likely N-dealkylation sites (N-methyl/N-ethyl adjacent to an activating group) is 1. The van der Waals surface area contributed by atoms with Crippen molar-refractivity contribution in [2.24, 2.45) is 17.8 Å². The van der Waals surface area contributed by atoms with Crippen LogP contribution in [0.3, 0.4) is 0 Å². The summed E-state index contributed by atoms with van der Waals surface area (Å²) >= 11 is 6.63. The van der Waals surface area contributed by atoms with Gasteiger partial charge in [-0.3, -0.25) is 14.4 Å². The van der Waals surface area contributed by atoms with Gasteiger partial charge < -0.3 is 24.5 Å². The standard InChI is InChI=1S/C30H38ClN3O5/c1-6-18(3)21(17-35)34-25-28(38)33(24-19(4)11-8-12-20(24)31)16-10-14-30(25)23(27(34)37)22-26(36)32(5)15-9-13-29(22,7-2)39-30/h8-14,18,21-23,25,35H,6-7,15-17H2,1-5H3/t18-,21-,22-,23-,25?,29+,30-/m0/s1. The third-order valence-electron chi connectivity index (χ3n) is 9.38. The van der Waals surface area contributed by atoms with Gasteiger partial charge in [-0.05, 0) is 30.9 Å². The highest BCUT2D eigenvalue weighted by molar-refractivity contribution is 6.34.